The Balaban J connectivity index is 1.70. The Kier molecular flexibility index (Phi) is 9.13. The molecule has 3 aromatic carbocycles. The summed E-state index contributed by atoms with van der Waals surface area (Å²) in [7, 11) is 1.53. The van der Waals surface area contributed by atoms with E-state index in [1.54, 1.807) is 24.3 Å². The van der Waals surface area contributed by atoms with Crippen LogP contribution >= 0.6 is 0 Å². The van der Waals surface area contributed by atoms with E-state index in [4.69, 9.17) is 4.74 Å². The number of aliphatic hydroxyl groups excluding tert-OH is 1. The van der Waals surface area contributed by atoms with Gasteiger partial charge in [-0.05, 0) is 65.9 Å². The molecule has 7 heteroatoms. The molecule has 0 saturated carbocycles. The zero-order chi connectivity index (χ0) is 24.5. The van der Waals surface area contributed by atoms with Crippen molar-refractivity contribution in [1.29, 1.82) is 0 Å². The zero-order valence-corrected chi connectivity index (χ0v) is 19.4. The minimum absolute atomic E-state index is 0.0603. The molecule has 1 unspecified atom stereocenters. The summed E-state index contributed by atoms with van der Waals surface area (Å²) < 4.78 is 32.5. The number of carbonyl (C=O) groups excluding carboxylic acids is 1. The molecule has 34 heavy (non-hydrogen) atoms. The third-order valence-corrected chi connectivity index (χ3v) is 5.59. The normalized spacial score (nSPS) is 12.7. The number of rotatable bonds is 11. The van der Waals surface area contributed by atoms with Gasteiger partial charge in [0, 0.05) is 24.7 Å². The van der Waals surface area contributed by atoms with Crippen LogP contribution < -0.4 is 15.4 Å². The number of carbonyl (C=O) groups is 1. The quantitative estimate of drug-likeness (QED) is 0.398. The molecule has 0 radical (unpaired) electrons. The summed E-state index contributed by atoms with van der Waals surface area (Å²) in [5.74, 6) is -1.21. The van der Waals surface area contributed by atoms with E-state index in [1.165, 1.54) is 24.8 Å². The van der Waals surface area contributed by atoms with Gasteiger partial charge in [0.25, 0.3) is 5.91 Å². The van der Waals surface area contributed by atoms with Crippen LogP contribution in [0.4, 0.5) is 8.78 Å². The first-order valence-electron chi connectivity index (χ1n) is 11.2. The van der Waals surface area contributed by atoms with Gasteiger partial charge in [0.05, 0.1) is 19.3 Å². The summed E-state index contributed by atoms with van der Waals surface area (Å²) in [5, 5.41) is 16.9. The van der Waals surface area contributed by atoms with Crippen molar-refractivity contribution in [3.63, 3.8) is 0 Å². The molecule has 2 atom stereocenters. The third kappa shape index (κ3) is 7.37. The van der Waals surface area contributed by atoms with Crippen molar-refractivity contribution >= 4 is 5.91 Å². The highest BCUT2D eigenvalue weighted by atomic mass is 19.1. The first kappa shape index (κ1) is 25.3. The Morgan fingerprint density at radius 1 is 0.971 bits per heavy atom. The number of ether oxygens (including phenoxy) is 1. The standard InChI is InChI=1S/C27H30F2N2O3/c1-3-18-5-4-6-19(11-18)16-30-17-26(32)25(14-20-12-22(28)15-23(29)13-20)31-27(33)21-7-9-24(34-2)10-8-21/h4-13,15,25-26,30,32H,3,14,16-17H2,1-2H3,(H,31,33)/t25?,26-/m1/s1. The monoisotopic (exact) mass is 468 g/mol. The summed E-state index contributed by atoms with van der Waals surface area (Å²) in [6, 6.07) is 17.1. The molecule has 180 valence electrons. The number of halogens is 2. The van der Waals surface area contributed by atoms with E-state index < -0.39 is 29.7 Å². The van der Waals surface area contributed by atoms with Gasteiger partial charge in [0.1, 0.15) is 17.4 Å². The number of aliphatic hydroxyl groups is 1. The van der Waals surface area contributed by atoms with E-state index in [-0.39, 0.29) is 13.0 Å². The summed E-state index contributed by atoms with van der Waals surface area (Å²) in [6.45, 7) is 2.81. The molecule has 0 aliphatic heterocycles. The second kappa shape index (κ2) is 12.3. The molecule has 0 heterocycles. The van der Waals surface area contributed by atoms with Crippen LogP contribution in [0.2, 0.25) is 0 Å². The van der Waals surface area contributed by atoms with E-state index in [2.05, 4.69) is 29.7 Å². The topological polar surface area (TPSA) is 70.6 Å². The van der Waals surface area contributed by atoms with Crippen molar-refractivity contribution in [2.75, 3.05) is 13.7 Å². The maximum atomic E-state index is 13.7. The molecule has 0 aliphatic rings. The molecule has 0 saturated heterocycles. The molecule has 0 fully saturated rings. The minimum Gasteiger partial charge on any atom is -0.497 e. The van der Waals surface area contributed by atoms with Crippen molar-refractivity contribution in [3.05, 3.63) is 101 Å². The number of benzene rings is 3. The molecule has 3 rings (SSSR count). The Morgan fingerprint density at radius 3 is 2.29 bits per heavy atom. The Hall–Kier alpha value is -3.29. The Morgan fingerprint density at radius 2 is 1.65 bits per heavy atom. The first-order chi connectivity index (χ1) is 16.4. The average molecular weight is 469 g/mol. The number of amides is 1. The second-order valence-electron chi connectivity index (χ2n) is 8.16. The molecule has 3 N–H and O–H groups in total. The van der Waals surface area contributed by atoms with E-state index in [1.807, 2.05) is 12.1 Å². The molecule has 3 aromatic rings. The fourth-order valence-electron chi connectivity index (χ4n) is 3.73. The van der Waals surface area contributed by atoms with Crippen LogP contribution in [0.1, 0.15) is 34.0 Å². The van der Waals surface area contributed by atoms with Crippen LogP contribution in [0.5, 0.6) is 5.75 Å². The highest BCUT2D eigenvalue weighted by Gasteiger charge is 2.23. The van der Waals surface area contributed by atoms with Crippen molar-refractivity contribution in [1.82, 2.24) is 10.6 Å². The molecular formula is C27H30F2N2O3. The van der Waals surface area contributed by atoms with Crippen molar-refractivity contribution in [3.8, 4) is 5.75 Å². The van der Waals surface area contributed by atoms with Gasteiger partial charge in [-0.25, -0.2) is 8.78 Å². The Bertz CT molecular complexity index is 1070. The van der Waals surface area contributed by atoms with Gasteiger partial charge in [-0.2, -0.15) is 0 Å². The van der Waals surface area contributed by atoms with Crippen LogP contribution in [0.15, 0.2) is 66.7 Å². The number of hydrogen-bond acceptors (Lipinski definition) is 4. The first-order valence-corrected chi connectivity index (χ1v) is 11.2. The highest BCUT2D eigenvalue weighted by molar-refractivity contribution is 5.94. The van der Waals surface area contributed by atoms with Crippen LogP contribution in [-0.2, 0) is 19.4 Å². The lowest BCUT2D eigenvalue weighted by molar-refractivity contribution is 0.0830. The lowest BCUT2D eigenvalue weighted by Crippen LogP contribution is -2.48. The molecule has 0 bridgehead atoms. The maximum Gasteiger partial charge on any atom is 0.251 e. The lowest BCUT2D eigenvalue weighted by atomic mass is 10.00. The number of hydrogen-bond donors (Lipinski definition) is 3. The fraction of sp³-hybridized carbons (Fsp3) is 0.296. The predicted molar refractivity (Wildman–Crippen MR) is 128 cm³/mol. The fourth-order valence-corrected chi connectivity index (χ4v) is 3.73. The van der Waals surface area contributed by atoms with Gasteiger partial charge in [-0.3, -0.25) is 4.79 Å². The van der Waals surface area contributed by atoms with Crippen LogP contribution in [0.25, 0.3) is 0 Å². The molecular weight excluding hydrogens is 438 g/mol. The molecule has 0 spiro atoms. The van der Waals surface area contributed by atoms with E-state index in [0.717, 1.165) is 18.1 Å². The van der Waals surface area contributed by atoms with Gasteiger partial charge in [0.15, 0.2) is 0 Å². The smallest absolute Gasteiger partial charge is 0.251 e. The zero-order valence-electron chi connectivity index (χ0n) is 19.4. The number of nitrogens with one attached hydrogen (secondary N) is 2. The van der Waals surface area contributed by atoms with E-state index in [9.17, 15) is 18.7 Å². The summed E-state index contributed by atoms with van der Waals surface area (Å²) in [5.41, 5.74) is 3.02. The third-order valence-electron chi connectivity index (χ3n) is 5.59. The largest absolute Gasteiger partial charge is 0.497 e. The van der Waals surface area contributed by atoms with Gasteiger partial charge in [0.2, 0.25) is 0 Å². The van der Waals surface area contributed by atoms with E-state index >= 15 is 0 Å². The van der Waals surface area contributed by atoms with Crippen LogP contribution in [0, 0.1) is 11.6 Å². The van der Waals surface area contributed by atoms with Crippen LogP contribution in [0.3, 0.4) is 0 Å². The molecule has 1 amide bonds. The minimum atomic E-state index is -0.997. The average Bonchev–Trinajstić information content (AvgIpc) is 2.83. The van der Waals surface area contributed by atoms with Crippen molar-refractivity contribution in [2.24, 2.45) is 0 Å². The second-order valence-corrected chi connectivity index (χ2v) is 8.16. The number of methoxy groups -OCH3 is 1. The molecule has 0 aliphatic carbocycles. The van der Waals surface area contributed by atoms with Gasteiger partial charge >= 0.3 is 0 Å². The number of aryl methyl sites for hydroxylation is 1. The maximum absolute atomic E-state index is 13.7. The van der Waals surface area contributed by atoms with Crippen molar-refractivity contribution < 1.29 is 23.4 Å². The van der Waals surface area contributed by atoms with E-state index in [0.29, 0.717) is 23.4 Å². The summed E-state index contributed by atoms with van der Waals surface area (Å²) in [4.78, 5) is 12.8. The van der Waals surface area contributed by atoms with Crippen LogP contribution in [-0.4, -0.2) is 36.8 Å². The highest BCUT2D eigenvalue weighted by Crippen LogP contribution is 2.15. The van der Waals surface area contributed by atoms with Gasteiger partial charge in [-0.1, -0.05) is 31.2 Å². The molecule has 5 nitrogen and oxygen atoms in total. The van der Waals surface area contributed by atoms with Crippen molar-refractivity contribution in [2.45, 2.75) is 38.5 Å². The van der Waals surface area contributed by atoms with Gasteiger partial charge in [-0.15, -0.1) is 0 Å². The lowest BCUT2D eigenvalue weighted by Gasteiger charge is -2.25. The predicted octanol–water partition coefficient (Wildman–Crippen LogP) is 4.03. The van der Waals surface area contributed by atoms with Gasteiger partial charge < -0.3 is 20.5 Å². The molecule has 0 aromatic heterocycles. The SMILES string of the molecule is CCc1cccc(CNC[C@@H](O)C(Cc2cc(F)cc(F)c2)NC(=O)c2ccc(OC)cc2)c1. The summed E-state index contributed by atoms with van der Waals surface area (Å²) in [6.07, 6.45) is -0.00639. The summed E-state index contributed by atoms with van der Waals surface area (Å²) >= 11 is 0. The Labute approximate surface area is 198 Å².